The first-order valence-corrected chi connectivity index (χ1v) is 7.96. The number of hydrogen-bond acceptors (Lipinski definition) is 5. The van der Waals surface area contributed by atoms with E-state index in [0.717, 1.165) is 16.8 Å². The lowest BCUT2D eigenvalue weighted by Crippen LogP contribution is -2.02. The summed E-state index contributed by atoms with van der Waals surface area (Å²) in [6.45, 7) is 1.99. The highest BCUT2D eigenvalue weighted by Gasteiger charge is 2.14. The average molecular weight is 330 g/mol. The molecule has 7 heteroatoms. The Morgan fingerprint density at radius 1 is 1.22 bits per heavy atom. The van der Waals surface area contributed by atoms with Crippen LogP contribution in [0.2, 0.25) is 0 Å². The predicted octanol–water partition coefficient (Wildman–Crippen LogP) is 3.41. The molecule has 0 N–H and O–H groups in total. The Kier molecular flexibility index (Phi) is 4.57. The van der Waals surface area contributed by atoms with E-state index >= 15 is 0 Å². The second kappa shape index (κ2) is 6.78. The zero-order valence-corrected chi connectivity index (χ0v) is 13.5. The van der Waals surface area contributed by atoms with E-state index in [1.54, 1.807) is 17.9 Å². The van der Waals surface area contributed by atoms with E-state index in [1.807, 2.05) is 31.2 Å². The van der Waals surface area contributed by atoms with Gasteiger partial charge in [0.2, 0.25) is 5.16 Å². The number of ether oxygens (including phenoxy) is 1. The van der Waals surface area contributed by atoms with E-state index in [1.165, 1.54) is 23.9 Å². The molecular formula is C16H15FN4OS. The number of hydrogen-bond donors (Lipinski definition) is 0. The Labute approximate surface area is 137 Å². The molecule has 0 radical (unpaired) electrons. The summed E-state index contributed by atoms with van der Waals surface area (Å²) < 4.78 is 20.3. The van der Waals surface area contributed by atoms with Gasteiger partial charge >= 0.3 is 0 Å². The number of methoxy groups -OCH3 is 1. The Bertz CT molecular complexity index is 821. The minimum absolute atomic E-state index is 0.247. The molecule has 3 rings (SSSR count). The molecule has 0 unspecified atom stereocenters. The van der Waals surface area contributed by atoms with Crippen LogP contribution < -0.4 is 4.74 Å². The van der Waals surface area contributed by atoms with Gasteiger partial charge in [0.05, 0.1) is 7.11 Å². The van der Waals surface area contributed by atoms with Gasteiger partial charge in [-0.1, -0.05) is 30.0 Å². The van der Waals surface area contributed by atoms with E-state index in [-0.39, 0.29) is 5.82 Å². The molecule has 0 atom stereocenters. The molecule has 0 amide bonds. The molecule has 3 aromatic rings. The second-order valence-corrected chi connectivity index (χ2v) is 5.91. The maximum atomic E-state index is 13.2. The molecular weight excluding hydrogens is 315 g/mol. The first-order chi connectivity index (χ1) is 11.2. The van der Waals surface area contributed by atoms with Gasteiger partial charge in [0.1, 0.15) is 17.3 Å². The zero-order valence-electron chi connectivity index (χ0n) is 12.7. The van der Waals surface area contributed by atoms with Crippen molar-refractivity contribution < 1.29 is 9.13 Å². The van der Waals surface area contributed by atoms with Crippen molar-refractivity contribution in [3.63, 3.8) is 0 Å². The van der Waals surface area contributed by atoms with E-state index in [0.29, 0.717) is 16.7 Å². The van der Waals surface area contributed by atoms with Crippen LogP contribution in [0.25, 0.3) is 5.69 Å². The fraction of sp³-hybridized carbons (Fsp3) is 0.188. The maximum Gasteiger partial charge on any atom is 0.214 e. The van der Waals surface area contributed by atoms with Crippen LogP contribution in [0, 0.1) is 12.7 Å². The van der Waals surface area contributed by atoms with E-state index in [2.05, 4.69) is 15.5 Å². The molecule has 0 aliphatic carbocycles. The maximum absolute atomic E-state index is 13.2. The van der Waals surface area contributed by atoms with Crippen LogP contribution in [-0.4, -0.2) is 27.3 Å². The number of aromatic nitrogens is 4. The van der Waals surface area contributed by atoms with Gasteiger partial charge in [0.15, 0.2) is 0 Å². The fourth-order valence-electron chi connectivity index (χ4n) is 2.16. The lowest BCUT2D eigenvalue weighted by atomic mass is 10.2. The summed E-state index contributed by atoms with van der Waals surface area (Å²) in [6.07, 6.45) is 0. The number of aryl methyl sites for hydroxylation is 1. The quantitative estimate of drug-likeness (QED) is 0.671. The van der Waals surface area contributed by atoms with Gasteiger partial charge in [-0.3, -0.25) is 0 Å². The van der Waals surface area contributed by atoms with E-state index < -0.39 is 0 Å². The van der Waals surface area contributed by atoms with Crippen molar-refractivity contribution in [2.24, 2.45) is 0 Å². The van der Waals surface area contributed by atoms with Crippen molar-refractivity contribution in [1.29, 1.82) is 0 Å². The Morgan fingerprint density at radius 3 is 2.87 bits per heavy atom. The average Bonchev–Trinajstić information content (AvgIpc) is 3.01. The van der Waals surface area contributed by atoms with Gasteiger partial charge in [0.25, 0.3) is 0 Å². The Hall–Kier alpha value is -2.41. The summed E-state index contributed by atoms with van der Waals surface area (Å²) in [5.41, 5.74) is 2.73. The van der Waals surface area contributed by atoms with Gasteiger partial charge < -0.3 is 4.74 Å². The number of nitrogens with zero attached hydrogens (tertiary/aromatic N) is 4. The summed E-state index contributed by atoms with van der Waals surface area (Å²) in [5, 5.41) is 12.5. The third-order valence-electron chi connectivity index (χ3n) is 3.26. The number of halogens is 1. The number of thioether (sulfide) groups is 1. The second-order valence-electron chi connectivity index (χ2n) is 4.97. The number of benzene rings is 2. The summed E-state index contributed by atoms with van der Waals surface area (Å²) in [5.74, 6) is 1.02. The molecule has 0 spiro atoms. The van der Waals surface area contributed by atoms with Gasteiger partial charge in [-0.2, -0.15) is 4.68 Å². The lowest BCUT2D eigenvalue weighted by Gasteiger charge is -2.10. The van der Waals surface area contributed by atoms with Gasteiger partial charge in [-0.05, 0) is 52.7 Å². The first-order valence-electron chi connectivity index (χ1n) is 6.98. The summed E-state index contributed by atoms with van der Waals surface area (Å²) in [7, 11) is 1.61. The van der Waals surface area contributed by atoms with Crippen molar-refractivity contribution in [3.8, 4) is 11.4 Å². The van der Waals surface area contributed by atoms with E-state index in [4.69, 9.17) is 4.74 Å². The van der Waals surface area contributed by atoms with Crippen LogP contribution in [0.4, 0.5) is 4.39 Å². The number of tetrazole rings is 1. The van der Waals surface area contributed by atoms with E-state index in [9.17, 15) is 4.39 Å². The molecule has 1 heterocycles. The van der Waals surface area contributed by atoms with Crippen LogP contribution >= 0.6 is 11.8 Å². The molecule has 0 fully saturated rings. The Balaban J connectivity index is 1.87. The van der Waals surface area contributed by atoms with Crippen LogP contribution in [0.15, 0.2) is 47.6 Å². The van der Waals surface area contributed by atoms with Gasteiger partial charge in [-0.15, -0.1) is 5.10 Å². The lowest BCUT2D eigenvalue weighted by molar-refractivity contribution is 0.410. The summed E-state index contributed by atoms with van der Waals surface area (Å²) in [4.78, 5) is 0. The van der Waals surface area contributed by atoms with Crippen molar-refractivity contribution in [2.75, 3.05) is 7.11 Å². The van der Waals surface area contributed by atoms with Crippen LogP contribution in [0.5, 0.6) is 5.75 Å². The highest BCUT2D eigenvalue weighted by atomic mass is 32.2. The van der Waals surface area contributed by atoms with Crippen LogP contribution in [0.3, 0.4) is 0 Å². The highest BCUT2D eigenvalue weighted by molar-refractivity contribution is 7.98. The standard InChI is InChI=1S/C16H15FN4OS/c1-11-6-7-15(22-2)14(8-11)21-16(18-19-20-21)23-10-12-4-3-5-13(17)9-12/h3-9H,10H2,1-2H3. The molecule has 0 saturated heterocycles. The smallest absolute Gasteiger partial charge is 0.214 e. The van der Waals surface area contributed by atoms with Crippen molar-refractivity contribution >= 4 is 11.8 Å². The normalized spacial score (nSPS) is 10.7. The minimum atomic E-state index is -0.247. The Morgan fingerprint density at radius 2 is 2.09 bits per heavy atom. The highest BCUT2D eigenvalue weighted by Crippen LogP contribution is 2.28. The van der Waals surface area contributed by atoms with Crippen molar-refractivity contribution in [2.45, 2.75) is 17.8 Å². The molecule has 0 bridgehead atoms. The van der Waals surface area contributed by atoms with Gasteiger partial charge in [-0.25, -0.2) is 4.39 Å². The van der Waals surface area contributed by atoms with Gasteiger partial charge in [0, 0.05) is 5.75 Å². The fourth-order valence-corrected chi connectivity index (χ4v) is 2.99. The predicted molar refractivity (Wildman–Crippen MR) is 86.4 cm³/mol. The molecule has 5 nitrogen and oxygen atoms in total. The van der Waals surface area contributed by atoms with Crippen molar-refractivity contribution in [3.05, 3.63) is 59.4 Å². The molecule has 1 aromatic heterocycles. The molecule has 0 saturated carbocycles. The zero-order chi connectivity index (χ0) is 16.2. The SMILES string of the molecule is COc1ccc(C)cc1-n1nnnc1SCc1cccc(F)c1. The largest absolute Gasteiger partial charge is 0.494 e. The first kappa shape index (κ1) is 15.5. The monoisotopic (exact) mass is 330 g/mol. The molecule has 2 aromatic carbocycles. The topological polar surface area (TPSA) is 52.8 Å². The molecule has 0 aliphatic rings. The molecule has 23 heavy (non-hydrogen) atoms. The number of rotatable bonds is 5. The minimum Gasteiger partial charge on any atom is -0.494 e. The third kappa shape index (κ3) is 3.50. The third-order valence-corrected chi connectivity index (χ3v) is 4.25. The van der Waals surface area contributed by atoms with Crippen molar-refractivity contribution in [1.82, 2.24) is 20.2 Å². The van der Waals surface area contributed by atoms with Crippen LogP contribution in [-0.2, 0) is 5.75 Å². The summed E-state index contributed by atoms with van der Waals surface area (Å²) >= 11 is 1.44. The van der Waals surface area contributed by atoms with Crippen LogP contribution in [0.1, 0.15) is 11.1 Å². The summed E-state index contributed by atoms with van der Waals surface area (Å²) in [6, 6.07) is 12.3. The molecule has 0 aliphatic heterocycles. The molecule has 118 valence electrons.